The summed E-state index contributed by atoms with van der Waals surface area (Å²) in [7, 11) is -4.30. The largest absolute Gasteiger partial charge is 1.00 e. The van der Waals surface area contributed by atoms with Gasteiger partial charge in [-0.1, -0.05) is 0 Å². The number of carboxylic acids is 1. The third-order valence-electron chi connectivity index (χ3n) is 2.03. The molecule has 1 rings (SSSR count). The summed E-state index contributed by atoms with van der Waals surface area (Å²) < 4.78 is 31.0. The number of rotatable bonds is 6. The molecule has 0 bridgehead atoms. The zero-order chi connectivity index (χ0) is 14.5. The maximum absolute atomic E-state index is 11.7. The molecule has 7 nitrogen and oxygen atoms in total. The minimum absolute atomic E-state index is 0. The van der Waals surface area contributed by atoms with E-state index in [2.05, 4.69) is 5.32 Å². The molecule has 0 unspecified atom stereocenters. The Kier molecular flexibility index (Phi) is 13.8. The molecule has 0 radical (unpaired) electrons. The van der Waals surface area contributed by atoms with Gasteiger partial charge in [0.05, 0.1) is 21.0 Å². The van der Waals surface area contributed by atoms with Crippen LogP contribution in [0, 0.1) is 0 Å². The van der Waals surface area contributed by atoms with E-state index < -0.39 is 27.7 Å². The Morgan fingerprint density at radius 2 is 1.67 bits per heavy atom. The zero-order valence-corrected chi connectivity index (χ0v) is 18.2. The van der Waals surface area contributed by atoms with Gasteiger partial charge in [-0.15, -0.1) is 23.5 Å². The van der Waals surface area contributed by atoms with Crippen LogP contribution in [0.25, 0.3) is 0 Å². The second-order valence-electron chi connectivity index (χ2n) is 3.51. The minimum Gasteiger partial charge on any atom is -0.748 e. The molecular weight excluding hydrogens is 360 g/mol. The normalized spacial score (nSPS) is 14.7. The predicted molar refractivity (Wildman–Crippen MR) is 69.1 cm³/mol. The van der Waals surface area contributed by atoms with Crippen molar-refractivity contribution in [3.8, 4) is 0 Å². The number of amides is 1. The Hall–Kier alpha value is 1.29. The van der Waals surface area contributed by atoms with Crippen LogP contribution in [0.2, 0.25) is 0 Å². The molecule has 1 amide bonds. The number of nitrogens with one attached hydrogen (secondary N) is 1. The van der Waals surface area contributed by atoms with Crippen LogP contribution in [0.3, 0.4) is 0 Å². The van der Waals surface area contributed by atoms with E-state index in [1.54, 1.807) is 0 Å². The van der Waals surface area contributed by atoms with Crippen LogP contribution in [0.5, 0.6) is 0 Å². The van der Waals surface area contributed by atoms with Crippen LogP contribution in [0.15, 0.2) is 9.81 Å². The average Bonchev–Trinajstić information content (AvgIpc) is 2.33. The third-order valence-corrected chi connectivity index (χ3v) is 5.36. The molecule has 1 N–H and O–H groups in total. The fourth-order valence-corrected chi connectivity index (χ4v) is 3.96. The van der Waals surface area contributed by atoms with Gasteiger partial charge in [-0.2, -0.15) is 0 Å². The Morgan fingerprint density at radius 1 is 1.14 bits per heavy atom. The van der Waals surface area contributed by atoms with Crippen molar-refractivity contribution in [3.05, 3.63) is 9.81 Å². The van der Waals surface area contributed by atoms with Crippen molar-refractivity contribution in [2.45, 2.75) is 6.42 Å². The number of carboxylic acid groups (broad SMARTS) is 1. The monoisotopic (exact) mass is 371 g/mol. The number of thioether (sulfide) groups is 2. The van der Waals surface area contributed by atoms with E-state index in [4.69, 9.17) is 0 Å². The number of carbonyl (C=O) groups is 2. The van der Waals surface area contributed by atoms with Gasteiger partial charge < -0.3 is 19.8 Å². The zero-order valence-electron chi connectivity index (χ0n) is 11.7. The molecule has 0 aromatic carbocycles. The summed E-state index contributed by atoms with van der Waals surface area (Å²) in [6.45, 7) is -0.00461. The molecule has 0 spiro atoms. The molecule has 0 aromatic heterocycles. The van der Waals surface area contributed by atoms with Crippen LogP contribution in [-0.4, -0.2) is 48.7 Å². The summed E-state index contributed by atoms with van der Waals surface area (Å²) in [6.07, 6.45) is -0.0106. The molecule has 108 valence electrons. The third kappa shape index (κ3) is 9.90. The molecule has 1 aliphatic heterocycles. The van der Waals surface area contributed by atoms with E-state index >= 15 is 0 Å². The quantitative estimate of drug-likeness (QED) is 0.277. The van der Waals surface area contributed by atoms with Gasteiger partial charge in [0.2, 0.25) is 0 Å². The van der Waals surface area contributed by atoms with Gasteiger partial charge in [-0.3, -0.25) is 4.79 Å². The summed E-state index contributed by atoms with van der Waals surface area (Å²) in [4.78, 5) is 22.5. The van der Waals surface area contributed by atoms with Gasteiger partial charge in [-0.05, 0) is 6.42 Å². The van der Waals surface area contributed by atoms with Gasteiger partial charge in [0, 0.05) is 28.7 Å². The first-order chi connectivity index (χ1) is 8.81. The first kappa shape index (κ1) is 24.5. The molecular formula is C9H11NNa2O6S3. The Labute approximate surface area is 175 Å². The van der Waals surface area contributed by atoms with Crippen LogP contribution in [0.4, 0.5) is 0 Å². The fraction of sp³-hybridized carbons (Fsp3) is 0.556. The van der Waals surface area contributed by atoms with Crippen molar-refractivity contribution >= 4 is 45.5 Å². The Balaban J connectivity index is 0. The van der Waals surface area contributed by atoms with Gasteiger partial charge in [0.25, 0.3) is 5.91 Å². The van der Waals surface area contributed by atoms with Crippen molar-refractivity contribution in [1.29, 1.82) is 0 Å². The average molecular weight is 371 g/mol. The van der Waals surface area contributed by atoms with Gasteiger partial charge in [0.1, 0.15) is 0 Å². The maximum Gasteiger partial charge on any atom is 1.00 e. The van der Waals surface area contributed by atoms with Gasteiger partial charge in [0.15, 0.2) is 0 Å². The summed E-state index contributed by atoms with van der Waals surface area (Å²) in [6, 6.07) is 0. The predicted octanol–water partition coefficient (Wildman–Crippen LogP) is -7.51. The molecule has 1 aliphatic rings. The summed E-state index contributed by atoms with van der Waals surface area (Å²) in [5, 5.41) is 13.2. The molecule has 0 saturated heterocycles. The molecule has 0 aliphatic carbocycles. The first-order valence-corrected chi connectivity index (χ1v) is 8.79. The second kappa shape index (κ2) is 11.8. The summed E-state index contributed by atoms with van der Waals surface area (Å²) in [5.41, 5.74) is 0. The number of hydrogen-bond donors (Lipinski definition) is 1. The van der Waals surface area contributed by atoms with Crippen LogP contribution in [0.1, 0.15) is 6.42 Å². The topological polar surface area (TPSA) is 126 Å². The van der Waals surface area contributed by atoms with Crippen molar-refractivity contribution < 1.29 is 86.8 Å². The van der Waals surface area contributed by atoms with Crippen molar-refractivity contribution in [3.63, 3.8) is 0 Å². The molecule has 0 fully saturated rings. The second-order valence-corrected chi connectivity index (χ2v) is 7.25. The fourth-order valence-electron chi connectivity index (χ4n) is 1.27. The van der Waals surface area contributed by atoms with E-state index in [1.807, 2.05) is 0 Å². The molecule has 0 atom stereocenters. The number of aliphatic carboxylic acids is 1. The van der Waals surface area contributed by atoms with Crippen molar-refractivity contribution in [1.82, 2.24) is 5.32 Å². The smallest absolute Gasteiger partial charge is 0.748 e. The van der Waals surface area contributed by atoms with E-state index in [0.29, 0.717) is 11.5 Å². The Bertz CT molecular complexity index is 508. The molecule has 1 heterocycles. The standard InChI is InChI=1S/C9H13NO6S3.2Na/c11-8(10-2-1-5-19(14,15)16)6-7(9(12)13)18-4-3-17-6;;/h1-5H2,(H,10,11)(H,12,13)(H,14,15,16);;/q;2*+1/p-2. The molecule has 12 heteroatoms. The van der Waals surface area contributed by atoms with E-state index in [1.165, 1.54) is 0 Å². The first-order valence-electron chi connectivity index (χ1n) is 5.24. The number of hydrogen-bond acceptors (Lipinski definition) is 8. The van der Waals surface area contributed by atoms with Gasteiger partial charge >= 0.3 is 59.1 Å². The molecule has 21 heavy (non-hydrogen) atoms. The van der Waals surface area contributed by atoms with E-state index in [-0.39, 0.29) is 81.9 Å². The van der Waals surface area contributed by atoms with Gasteiger partial charge in [-0.25, -0.2) is 8.42 Å². The maximum atomic E-state index is 11.7. The molecule has 0 aromatic rings. The van der Waals surface area contributed by atoms with Crippen LogP contribution in [-0.2, 0) is 19.7 Å². The number of carbonyl (C=O) groups excluding carboxylic acids is 2. The molecule has 0 saturated carbocycles. The van der Waals surface area contributed by atoms with E-state index in [9.17, 15) is 27.7 Å². The summed E-state index contributed by atoms with van der Waals surface area (Å²) >= 11 is 2.16. The Morgan fingerprint density at radius 3 is 2.14 bits per heavy atom. The summed E-state index contributed by atoms with van der Waals surface area (Å²) in [5.74, 6) is -1.36. The van der Waals surface area contributed by atoms with E-state index in [0.717, 1.165) is 23.5 Å². The van der Waals surface area contributed by atoms with Crippen LogP contribution >= 0.6 is 23.5 Å². The van der Waals surface area contributed by atoms with Crippen molar-refractivity contribution in [2.75, 3.05) is 23.8 Å². The van der Waals surface area contributed by atoms with Crippen molar-refractivity contribution in [2.24, 2.45) is 0 Å². The SMILES string of the molecule is O=C([O-])C1=C(C(=O)NCCCS(=O)(=O)[O-])SCCS1.[Na+].[Na+]. The minimum atomic E-state index is -4.30. The van der Waals surface area contributed by atoms with Crippen LogP contribution < -0.4 is 69.5 Å².